The molecule has 7 nitrogen and oxygen atoms in total. The van der Waals surface area contributed by atoms with Crippen molar-refractivity contribution in [3.8, 4) is 0 Å². The van der Waals surface area contributed by atoms with Crippen LogP contribution in [0.2, 0.25) is 0 Å². The number of rotatable bonds is 3. The third kappa shape index (κ3) is 3.47. The van der Waals surface area contributed by atoms with Crippen LogP contribution >= 0.6 is 0 Å². The molecule has 2 aromatic heterocycles. The molecule has 26 heavy (non-hydrogen) atoms. The summed E-state index contributed by atoms with van der Waals surface area (Å²) < 4.78 is 54.4. The molecule has 1 atom stereocenters. The number of aryl methyl sites for hydroxylation is 1. The molecule has 3 rings (SSSR count). The first-order valence-corrected chi connectivity index (χ1v) is 9.43. The van der Waals surface area contributed by atoms with Gasteiger partial charge in [-0.25, -0.2) is 21.9 Å². The summed E-state index contributed by atoms with van der Waals surface area (Å²) >= 11 is 0. The summed E-state index contributed by atoms with van der Waals surface area (Å²) in [4.78, 5) is 16.3. The second-order valence-corrected chi connectivity index (χ2v) is 7.90. The van der Waals surface area contributed by atoms with Crippen molar-refractivity contribution < 1.29 is 22.0 Å². The van der Waals surface area contributed by atoms with Crippen LogP contribution in [0.15, 0.2) is 29.4 Å². The van der Waals surface area contributed by atoms with Crippen molar-refractivity contribution in [1.82, 2.24) is 14.3 Å². The van der Waals surface area contributed by atoms with Crippen LogP contribution in [0.5, 0.6) is 0 Å². The molecule has 3 heterocycles. The largest absolute Gasteiger partial charge is 0.345 e. The van der Waals surface area contributed by atoms with Gasteiger partial charge in [0.25, 0.3) is 12.3 Å². The standard InChI is InChI=1S/C16H18F2N4O3S/c1-9-3-4-11-13(26(24,25)21-9)8-22(2)14(11)16(23)20-10-5-6-19-12(7-10)15(17)18/h5-9,15,21H,3-4H2,1-2H3,(H,19,20,23). The van der Waals surface area contributed by atoms with E-state index in [1.54, 1.807) is 14.0 Å². The van der Waals surface area contributed by atoms with Crippen molar-refractivity contribution in [2.45, 2.75) is 37.1 Å². The lowest BCUT2D eigenvalue weighted by Crippen LogP contribution is -2.30. The predicted octanol–water partition coefficient (Wildman–Crippen LogP) is 2.22. The van der Waals surface area contributed by atoms with Crippen LogP contribution in [0.1, 0.15) is 41.5 Å². The predicted molar refractivity (Wildman–Crippen MR) is 90.7 cm³/mol. The molecule has 1 amide bonds. The number of alkyl halides is 2. The number of nitrogens with zero attached hydrogens (tertiary/aromatic N) is 2. The summed E-state index contributed by atoms with van der Waals surface area (Å²) in [6.07, 6.45) is 0.767. The Kier molecular flexibility index (Phi) is 4.80. The number of amides is 1. The van der Waals surface area contributed by atoms with E-state index in [1.165, 1.54) is 23.0 Å². The Bertz CT molecular complexity index is 956. The number of aromatic nitrogens is 2. The highest BCUT2D eigenvalue weighted by Crippen LogP contribution is 2.28. The Morgan fingerprint density at radius 2 is 2.19 bits per heavy atom. The summed E-state index contributed by atoms with van der Waals surface area (Å²) in [6, 6.07) is 2.23. The molecule has 2 N–H and O–H groups in total. The van der Waals surface area contributed by atoms with Gasteiger partial charge >= 0.3 is 0 Å². The van der Waals surface area contributed by atoms with E-state index >= 15 is 0 Å². The van der Waals surface area contributed by atoms with Crippen LogP contribution < -0.4 is 10.0 Å². The quantitative estimate of drug-likeness (QED) is 0.849. The van der Waals surface area contributed by atoms with Gasteiger partial charge in [0.05, 0.1) is 0 Å². The summed E-state index contributed by atoms with van der Waals surface area (Å²) in [7, 11) is -2.14. The fourth-order valence-electron chi connectivity index (χ4n) is 3.00. The van der Waals surface area contributed by atoms with E-state index < -0.39 is 28.0 Å². The zero-order valence-corrected chi connectivity index (χ0v) is 15.0. The highest BCUT2D eigenvalue weighted by molar-refractivity contribution is 7.89. The number of fused-ring (bicyclic) bond motifs is 1. The number of nitrogens with one attached hydrogen (secondary N) is 2. The summed E-state index contributed by atoms with van der Waals surface area (Å²) in [6.45, 7) is 1.76. The number of anilines is 1. The number of pyridine rings is 1. The number of hydrogen-bond acceptors (Lipinski definition) is 4. The van der Waals surface area contributed by atoms with Crippen molar-refractivity contribution in [2.24, 2.45) is 7.05 Å². The fraction of sp³-hybridized carbons (Fsp3) is 0.375. The van der Waals surface area contributed by atoms with Gasteiger partial charge in [-0.05, 0) is 31.9 Å². The molecule has 0 saturated heterocycles. The van der Waals surface area contributed by atoms with Crippen LogP contribution in [0, 0.1) is 0 Å². The van der Waals surface area contributed by atoms with Crippen LogP contribution in [0.4, 0.5) is 14.5 Å². The lowest BCUT2D eigenvalue weighted by Gasteiger charge is -2.10. The smallest absolute Gasteiger partial charge is 0.280 e. The molecule has 0 fully saturated rings. The average molecular weight is 384 g/mol. The number of carbonyl (C=O) groups is 1. The zero-order chi connectivity index (χ0) is 19.1. The van der Waals surface area contributed by atoms with E-state index in [-0.39, 0.29) is 22.3 Å². The average Bonchev–Trinajstić information content (AvgIpc) is 2.85. The molecule has 140 valence electrons. The lowest BCUT2D eigenvalue weighted by atomic mass is 10.1. The van der Waals surface area contributed by atoms with Crippen LogP contribution in [-0.2, 0) is 23.5 Å². The van der Waals surface area contributed by atoms with E-state index in [9.17, 15) is 22.0 Å². The molecule has 0 saturated carbocycles. The molecule has 1 aliphatic rings. The normalized spacial score (nSPS) is 19.0. The Labute approximate surface area is 149 Å². The van der Waals surface area contributed by atoms with E-state index in [1.807, 2.05) is 0 Å². The Hall–Kier alpha value is -2.33. The van der Waals surface area contributed by atoms with Gasteiger partial charge < -0.3 is 9.88 Å². The molecule has 0 spiro atoms. The van der Waals surface area contributed by atoms with Crippen molar-refractivity contribution in [1.29, 1.82) is 0 Å². The number of carbonyl (C=O) groups excluding carboxylic acids is 1. The number of halogens is 2. The molecule has 0 aliphatic carbocycles. The van der Waals surface area contributed by atoms with Gasteiger partial charge in [0, 0.05) is 36.7 Å². The number of hydrogen-bond donors (Lipinski definition) is 2. The SMILES string of the molecule is CC1CCc2c(cn(C)c2C(=O)Nc2ccnc(C(F)F)c2)S(=O)(=O)N1. The second-order valence-electron chi connectivity index (χ2n) is 6.22. The zero-order valence-electron chi connectivity index (χ0n) is 14.2. The Morgan fingerprint density at radius 3 is 2.88 bits per heavy atom. The third-order valence-electron chi connectivity index (χ3n) is 4.20. The summed E-state index contributed by atoms with van der Waals surface area (Å²) in [5, 5.41) is 2.54. The van der Waals surface area contributed by atoms with Crippen molar-refractivity contribution in [3.63, 3.8) is 0 Å². The van der Waals surface area contributed by atoms with Gasteiger partial charge in [-0.2, -0.15) is 0 Å². The molecule has 0 radical (unpaired) electrons. The van der Waals surface area contributed by atoms with E-state index in [4.69, 9.17) is 0 Å². The third-order valence-corrected chi connectivity index (χ3v) is 5.84. The van der Waals surface area contributed by atoms with Crippen molar-refractivity contribution in [2.75, 3.05) is 5.32 Å². The molecule has 0 bridgehead atoms. The van der Waals surface area contributed by atoms with Gasteiger partial charge in [0.2, 0.25) is 10.0 Å². The Morgan fingerprint density at radius 1 is 1.46 bits per heavy atom. The number of sulfonamides is 1. The molecule has 0 aromatic carbocycles. The first-order chi connectivity index (χ1) is 12.2. The van der Waals surface area contributed by atoms with Crippen LogP contribution in [-0.4, -0.2) is 29.9 Å². The molecule has 2 aromatic rings. The van der Waals surface area contributed by atoms with E-state index in [0.717, 1.165) is 6.07 Å². The van der Waals surface area contributed by atoms with Gasteiger partial charge in [-0.3, -0.25) is 9.78 Å². The first-order valence-electron chi connectivity index (χ1n) is 7.95. The van der Waals surface area contributed by atoms with Gasteiger partial charge in [-0.15, -0.1) is 0 Å². The molecule has 1 aliphatic heterocycles. The second kappa shape index (κ2) is 6.76. The lowest BCUT2D eigenvalue weighted by molar-refractivity contribution is 0.101. The van der Waals surface area contributed by atoms with Crippen molar-refractivity contribution in [3.05, 3.63) is 41.5 Å². The van der Waals surface area contributed by atoms with E-state index in [0.29, 0.717) is 18.4 Å². The summed E-state index contributed by atoms with van der Waals surface area (Å²) in [5.74, 6) is -0.565. The minimum Gasteiger partial charge on any atom is -0.345 e. The highest BCUT2D eigenvalue weighted by Gasteiger charge is 2.31. The first kappa shape index (κ1) is 18.5. The maximum absolute atomic E-state index is 12.8. The minimum absolute atomic E-state index is 0.0671. The summed E-state index contributed by atoms with van der Waals surface area (Å²) in [5.41, 5.74) is 0.326. The monoisotopic (exact) mass is 384 g/mol. The van der Waals surface area contributed by atoms with Crippen LogP contribution in [0.3, 0.4) is 0 Å². The maximum Gasteiger partial charge on any atom is 0.280 e. The topological polar surface area (TPSA) is 93.1 Å². The molecular weight excluding hydrogens is 366 g/mol. The highest BCUT2D eigenvalue weighted by atomic mass is 32.2. The molecule has 1 unspecified atom stereocenters. The fourth-order valence-corrected chi connectivity index (χ4v) is 4.60. The van der Waals surface area contributed by atoms with Gasteiger partial charge in [-0.1, -0.05) is 0 Å². The van der Waals surface area contributed by atoms with Gasteiger partial charge in [0.15, 0.2) is 0 Å². The van der Waals surface area contributed by atoms with Crippen LogP contribution in [0.25, 0.3) is 0 Å². The molecule has 10 heteroatoms. The van der Waals surface area contributed by atoms with E-state index in [2.05, 4.69) is 15.0 Å². The Balaban J connectivity index is 1.97. The van der Waals surface area contributed by atoms with Crippen molar-refractivity contribution >= 4 is 21.6 Å². The maximum atomic E-state index is 12.8. The molecular formula is C16H18F2N4O3S. The van der Waals surface area contributed by atoms with Gasteiger partial charge in [0.1, 0.15) is 16.3 Å². The minimum atomic E-state index is -3.71.